The van der Waals surface area contributed by atoms with Gasteiger partial charge in [0.15, 0.2) is 5.41 Å². The molecule has 4 nitrogen and oxygen atoms in total. The van der Waals surface area contributed by atoms with Gasteiger partial charge in [-0.05, 0) is 37.0 Å². The molecule has 1 aliphatic carbocycles. The Morgan fingerprint density at radius 1 is 1.12 bits per heavy atom. The molecule has 0 spiro atoms. The number of benzene rings is 1. The van der Waals surface area contributed by atoms with Gasteiger partial charge in [0.2, 0.25) is 5.91 Å². The van der Waals surface area contributed by atoms with Gasteiger partial charge in [0.05, 0.1) is 5.41 Å². The van der Waals surface area contributed by atoms with Gasteiger partial charge in [-0.25, -0.2) is 4.39 Å². The molecule has 0 aromatic heterocycles. The number of amides is 1. The number of hydrogen-bond donors (Lipinski definition) is 1. The first-order valence-electron chi connectivity index (χ1n) is 8.48. The van der Waals surface area contributed by atoms with Crippen LogP contribution in [0.15, 0.2) is 24.3 Å². The summed E-state index contributed by atoms with van der Waals surface area (Å²) in [5, 5.41) is 9.17. The van der Waals surface area contributed by atoms with E-state index >= 15 is 0 Å². The number of carboxylic acids is 1. The molecule has 0 bridgehead atoms. The van der Waals surface area contributed by atoms with Crippen LogP contribution < -0.4 is 0 Å². The first kappa shape index (κ1) is 18.7. The minimum atomic E-state index is -4.95. The van der Waals surface area contributed by atoms with Crippen LogP contribution in [-0.2, 0) is 15.0 Å². The summed E-state index contributed by atoms with van der Waals surface area (Å²) in [5.41, 5.74) is -3.58. The van der Waals surface area contributed by atoms with Crippen molar-refractivity contribution in [2.75, 3.05) is 13.1 Å². The number of rotatable bonds is 3. The molecule has 1 aromatic carbocycles. The number of carbonyl (C=O) groups excluding carboxylic acids is 1. The van der Waals surface area contributed by atoms with E-state index in [1.165, 1.54) is 18.2 Å². The van der Waals surface area contributed by atoms with Gasteiger partial charge in [-0.3, -0.25) is 9.59 Å². The van der Waals surface area contributed by atoms with Crippen LogP contribution >= 0.6 is 0 Å². The molecule has 8 heteroatoms. The summed E-state index contributed by atoms with van der Waals surface area (Å²) >= 11 is 0. The highest BCUT2D eigenvalue weighted by atomic mass is 19.4. The van der Waals surface area contributed by atoms with Crippen molar-refractivity contribution in [3.8, 4) is 0 Å². The van der Waals surface area contributed by atoms with Crippen LogP contribution in [0.1, 0.15) is 37.7 Å². The normalized spacial score (nSPS) is 25.5. The second-order valence-electron chi connectivity index (χ2n) is 7.16. The Morgan fingerprint density at radius 2 is 1.77 bits per heavy atom. The minimum Gasteiger partial charge on any atom is -0.481 e. The molecule has 1 saturated carbocycles. The third-order valence-corrected chi connectivity index (χ3v) is 5.75. The summed E-state index contributed by atoms with van der Waals surface area (Å²) in [6, 6.07) is 5.56. The van der Waals surface area contributed by atoms with Gasteiger partial charge in [0.25, 0.3) is 0 Å². The Kier molecular flexibility index (Phi) is 4.48. The topological polar surface area (TPSA) is 57.6 Å². The molecule has 2 fully saturated rings. The molecule has 1 aromatic rings. The molecular formula is C18H19F4NO3. The number of likely N-dealkylation sites (tertiary alicyclic amines) is 1. The van der Waals surface area contributed by atoms with Crippen LogP contribution in [0.4, 0.5) is 17.6 Å². The fraction of sp³-hybridized carbons (Fsp3) is 0.556. The number of hydrogen-bond acceptors (Lipinski definition) is 2. The van der Waals surface area contributed by atoms with Gasteiger partial charge in [0, 0.05) is 13.1 Å². The first-order chi connectivity index (χ1) is 12.1. The Hall–Kier alpha value is -2.12. The molecule has 0 radical (unpaired) electrons. The number of carbonyl (C=O) groups is 2. The van der Waals surface area contributed by atoms with E-state index in [-0.39, 0.29) is 6.54 Å². The van der Waals surface area contributed by atoms with E-state index in [1.807, 2.05) is 0 Å². The molecule has 26 heavy (non-hydrogen) atoms. The second kappa shape index (κ2) is 6.25. The van der Waals surface area contributed by atoms with E-state index < -0.39 is 47.7 Å². The molecule has 1 unspecified atom stereocenters. The number of alkyl halides is 3. The van der Waals surface area contributed by atoms with Crippen LogP contribution in [0.3, 0.4) is 0 Å². The van der Waals surface area contributed by atoms with Gasteiger partial charge < -0.3 is 10.0 Å². The number of carboxylic acid groups (broad SMARTS) is 1. The van der Waals surface area contributed by atoms with Crippen molar-refractivity contribution in [2.45, 2.75) is 43.7 Å². The van der Waals surface area contributed by atoms with Crippen LogP contribution in [0.2, 0.25) is 0 Å². The minimum absolute atomic E-state index is 0.276. The molecule has 1 atom stereocenters. The average molecular weight is 373 g/mol. The molecule has 1 heterocycles. The highest BCUT2D eigenvalue weighted by Crippen LogP contribution is 2.49. The molecular weight excluding hydrogens is 354 g/mol. The Labute approximate surface area is 147 Å². The maximum atomic E-state index is 13.7. The van der Waals surface area contributed by atoms with Crippen molar-refractivity contribution in [1.29, 1.82) is 0 Å². The average Bonchev–Trinajstić information content (AvgIpc) is 3.22. The monoisotopic (exact) mass is 373 g/mol. The predicted molar refractivity (Wildman–Crippen MR) is 83.9 cm³/mol. The number of nitrogens with zero attached hydrogens (tertiary/aromatic N) is 1. The van der Waals surface area contributed by atoms with E-state index in [9.17, 15) is 32.3 Å². The third-order valence-electron chi connectivity index (χ3n) is 5.75. The van der Waals surface area contributed by atoms with Crippen LogP contribution in [0.25, 0.3) is 0 Å². The molecule has 1 amide bonds. The fourth-order valence-electron chi connectivity index (χ4n) is 4.20. The van der Waals surface area contributed by atoms with Gasteiger partial charge in [-0.2, -0.15) is 13.2 Å². The zero-order valence-corrected chi connectivity index (χ0v) is 14.0. The highest BCUT2D eigenvalue weighted by Gasteiger charge is 2.65. The van der Waals surface area contributed by atoms with E-state index in [0.29, 0.717) is 31.2 Å². The molecule has 142 valence electrons. The Morgan fingerprint density at radius 3 is 2.27 bits per heavy atom. The maximum Gasteiger partial charge on any atom is 0.406 e. The van der Waals surface area contributed by atoms with Crippen molar-refractivity contribution >= 4 is 11.9 Å². The predicted octanol–water partition coefficient (Wildman–Crippen LogP) is 3.50. The Bertz CT molecular complexity index is 727. The highest BCUT2D eigenvalue weighted by molar-refractivity contribution is 5.90. The number of halogens is 4. The lowest BCUT2D eigenvalue weighted by molar-refractivity contribution is -0.227. The zero-order chi connectivity index (χ0) is 19.2. The van der Waals surface area contributed by atoms with E-state index in [4.69, 9.17) is 0 Å². The summed E-state index contributed by atoms with van der Waals surface area (Å²) in [6.07, 6.45) is -3.37. The van der Waals surface area contributed by atoms with Crippen molar-refractivity contribution in [3.63, 3.8) is 0 Å². The van der Waals surface area contributed by atoms with Gasteiger partial charge >= 0.3 is 12.1 Å². The Balaban J connectivity index is 1.94. The van der Waals surface area contributed by atoms with E-state index in [1.54, 1.807) is 6.07 Å². The third kappa shape index (κ3) is 2.75. The van der Waals surface area contributed by atoms with Gasteiger partial charge in [-0.1, -0.05) is 25.0 Å². The summed E-state index contributed by atoms with van der Waals surface area (Å²) in [5.74, 6) is -3.02. The summed E-state index contributed by atoms with van der Waals surface area (Å²) < 4.78 is 53.8. The first-order valence-corrected chi connectivity index (χ1v) is 8.48. The van der Waals surface area contributed by atoms with Crippen LogP contribution in [0, 0.1) is 11.2 Å². The molecule has 3 rings (SSSR count). The summed E-state index contributed by atoms with van der Waals surface area (Å²) in [7, 11) is 0. The summed E-state index contributed by atoms with van der Waals surface area (Å²) in [4.78, 5) is 25.5. The summed E-state index contributed by atoms with van der Waals surface area (Å²) in [6.45, 7) is -1.18. The number of aliphatic carboxylic acids is 1. The lowest BCUT2D eigenvalue weighted by Gasteiger charge is -2.34. The largest absolute Gasteiger partial charge is 0.481 e. The maximum absolute atomic E-state index is 13.7. The quantitative estimate of drug-likeness (QED) is 0.825. The SMILES string of the molecule is O=C(N1CCC(C(=O)O)(C(F)(F)F)C1)C1(c2cccc(F)c2)CCCC1. The van der Waals surface area contributed by atoms with Crippen molar-refractivity contribution in [1.82, 2.24) is 4.90 Å². The standard InChI is InChI=1S/C18H19F4NO3/c19-13-5-3-4-12(10-13)16(6-1-2-7-16)14(24)23-9-8-17(11-23,15(25)26)18(20,21)22/h3-5,10H,1-2,6-9,11H2,(H,25,26). The van der Waals surface area contributed by atoms with Crippen LogP contribution in [-0.4, -0.2) is 41.1 Å². The molecule has 1 aliphatic heterocycles. The lowest BCUT2D eigenvalue weighted by atomic mass is 9.77. The lowest BCUT2D eigenvalue weighted by Crippen LogP contribution is -2.50. The van der Waals surface area contributed by atoms with Gasteiger partial charge in [-0.15, -0.1) is 0 Å². The van der Waals surface area contributed by atoms with E-state index in [2.05, 4.69) is 0 Å². The molecule has 2 aliphatic rings. The van der Waals surface area contributed by atoms with Crippen LogP contribution in [0.5, 0.6) is 0 Å². The fourth-order valence-corrected chi connectivity index (χ4v) is 4.20. The van der Waals surface area contributed by atoms with Crippen molar-refractivity contribution < 1.29 is 32.3 Å². The van der Waals surface area contributed by atoms with Crippen molar-refractivity contribution in [3.05, 3.63) is 35.6 Å². The second-order valence-corrected chi connectivity index (χ2v) is 7.16. The van der Waals surface area contributed by atoms with E-state index in [0.717, 1.165) is 4.90 Å². The van der Waals surface area contributed by atoms with Gasteiger partial charge in [0.1, 0.15) is 5.82 Å². The molecule has 1 saturated heterocycles. The smallest absolute Gasteiger partial charge is 0.406 e. The van der Waals surface area contributed by atoms with Crippen molar-refractivity contribution in [2.24, 2.45) is 5.41 Å². The zero-order valence-electron chi connectivity index (χ0n) is 14.0. The molecule has 1 N–H and O–H groups in total.